The first-order chi connectivity index (χ1) is 7.33. The van der Waals surface area contributed by atoms with Crippen LogP contribution in [0.15, 0.2) is 30.3 Å². The Morgan fingerprint density at radius 1 is 1.27 bits per heavy atom. The van der Waals surface area contributed by atoms with Gasteiger partial charge in [0.2, 0.25) is 0 Å². The topological polar surface area (TPSA) is 27.0 Å². The van der Waals surface area contributed by atoms with E-state index in [0.29, 0.717) is 6.04 Å². The van der Waals surface area contributed by atoms with Crippen LogP contribution >= 0.6 is 0 Å². The fourth-order valence-electron chi connectivity index (χ4n) is 2.35. The van der Waals surface area contributed by atoms with Crippen LogP contribution in [0.4, 0.5) is 5.69 Å². The van der Waals surface area contributed by atoms with Gasteiger partial charge in [-0.05, 0) is 38.3 Å². The molecule has 2 rings (SSSR count). The maximum atomic E-state index is 9.15. The second-order valence-electron chi connectivity index (χ2n) is 4.17. The molecule has 1 aliphatic heterocycles. The number of para-hydroxylation sites is 1. The van der Waals surface area contributed by atoms with E-state index in [4.69, 9.17) is 5.26 Å². The summed E-state index contributed by atoms with van der Waals surface area (Å²) in [7, 11) is 0. The van der Waals surface area contributed by atoms with E-state index in [-0.39, 0.29) is 6.04 Å². The van der Waals surface area contributed by atoms with Crippen molar-refractivity contribution in [3.63, 3.8) is 0 Å². The number of benzene rings is 1. The van der Waals surface area contributed by atoms with Crippen LogP contribution in [-0.2, 0) is 0 Å². The molecule has 0 aliphatic carbocycles. The van der Waals surface area contributed by atoms with Gasteiger partial charge in [0.1, 0.15) is 6.04 Å². The van der Waals surface area contributed by atoms with Crippen molar-refractivity contribution in [3.8, 4) is 6.07 Å². The second-order valence-corrected chi connectivity index (χ2v) is 4.17. The van der Waals surface area contributed by atoms with E-state index in [9.17, 15) is 0 Å². The predicted molar refractivity (Wildman–Crippen MR) is 61.6 cm³/mol. The summed E-state index contributed by atoms with van der Waals surface area (Å²) in [5.41, 5.74) is 1.18. The zero-order valence-electron chi connectivity index (χ0n) is 9.06. The molecule has 1 aromatic rings. The van der Waals surface area contributed by atoms with Crippen LogP contribution in [0.3, 0.4) is 0 Å². The first-order valence-electron chi connectivity index (χ1n) is 5.56. The molecule has 15 heavy (non-hydrogen) atoms. The van der Waals surface area contributed by atoms with Crippen LogP contribution in [0.25, 0.3) is 0 Å². The third-order valence-corrected chi connectivity index (χ3v) is 3.11. The fourth-order valence-corrected chi connectivity index (χ4v) is 2.35. The van der Waals surface area contributed by atoms with Gasteiger partial charge in [-0.3, -0.25) is 0 Å². The summed E-state index contributed by atoms with van der Waals surface area (Å²) < 4.78 is 0. The predicted octanol–water partition coefficient (Wildman–Crippen LogP) is 2.96. The highest BCUT2D eigenvalue weighted by atomic mass is 15.2. The molecule has 2 nitrogen and oxygen atoms in total. The molecule has 0 unspecified atom stereocenters. The Kier molecular flexibility index (Phi) is 2.91. The molecule has 1 heterocycles. The lowest BCUT2D eigenvalue weighted by Crippen LogP contribution is -2.44. The van der Waals surface area contributed by atoms with Gasteiger partial charge < -0.3 is 4.90 Å². The molecule has 2 atom stereocenters. The number of anilines is 1. The van der Waals surface area contributed by atoms with Gasteiger partial charge in [-0.25, -0.2) is 0 Å². The van der Waals surface area contributed by atoms with Gasteiger partial charge in [0, 0.05) is 11.7 Å². The van der Waals surface area contributed by atoms with E-state index in [1.54, 1.807) is 0 Å². The first-order valence-corrected chi connectivity index (χ1v) is 5.56. The van der Waals surface area contributed by atoms with Gasteiger partial charge in [-0.2, -0.15) is 5.26 Å². The van der Waals surface area contributed by atoms with Crippen molar-refractivity contribution in [3.05, 3.63) is 30.3 Å². The van der Waals surface area contributed by atoms with E-state index in [0.717, 1.165) is 6.42 Å². The normalized spacial score (nSPS) is 26.0. The largest absolute Gasteiger partial charge is 0.353 e. The Labute approximate surface area is 91.1 Å². The van der Waals surface area contributed by atoms with E-state index in [1.807, 2.05) is 18.2 Å². The zero-order chi connectivity index (χ0) is 10.7. The van der Waals surface area contributed by atoms with E-state index in [1.165, 1.54) is 18.5 Å². The lowest BCUT2D eigenvalue weighted by Gasteiger charge is -2.39. The quantitative estimate of drug-likeness (QED) is 0.697. The number of hydrogen-bond acceptors (Lipinski definition) is 2. The van der Waals surface area contributed by atoms with Crippen LogP contribution in [0.1, 0.15) is 26.2 Å². The molecule has 1 aromatic carbocycles. The molecule has 1 fully saturated rings. The van der Waals surface area contributed by atoms with Gasteiger partial charge in [0.15, 0.2) is 0 Å². The molecule has 0 N–H and O–H groups in total. The highest BCUT2D eigenvalue weighted by molar-refractivity contribution is 5.50. The average molecular weight is 200 g/mol. The first kappa shape index (κ1) is 10.0. The standard InChI is InChI=1S/C13H16N2/c1-11-6-5-9-13(10-14)15(11)12-7-3-2-4-8-12/h2-4,7-8,11,13H,5-6,9H2,1H3/t11-,13+/m1/s1. The summed E-state index contributed by atoms with van der Waals surface area (Å²) in [6, 6.07) is 13.2. The molecular formula is C13H16N2. The maximum Gasteiger partial charge on any atom is 0.117 e. The second kappa shape index (κ2) is 4.35. The summed E-state index contributed by atoms with van der Waals surface area (Å²) in [4.78, 5) is 2.25. The number of hydrogen-bond donors (Lipinski definition) is 0. The van der Waals surface area contributed by atoms with E-state index >= 15 is 0 Å². The average Bonchev–Trinajstić information content (AvgIpc) is 2.29. The van der Waals surface area contributed by atoms with E-state index < -0.39 is 0 Å². The van der Waals surface area contributed by atoms with Crippen molar-refractivity contribution in [2.45, 2.75) is 38.3 Å². The van der Waals surface area contributed by atoms with Crippen LogP contribution in [0, 0.1) is 11.3 Å². The van der Waals surface area contributed by atoms with Crippen molar-refractivity contribution in [2.75, 3.05) is 4.90 Å². The maximum absolute atomic E-state index is 9.15. The molecule has 2 heteroatoms. The molecule has 1 saturated heterocycles. The third-order valence-electron chi connectivity index (χ3n) is 3.11. The minimum absolute atomic E-state index is 0.0520. The third kappa shape index (κ3) is 1.97. The molecule has 0 bridgehead atoms. The molecule has 0 aromatic heterocycles. The summed E-state index contributed by atoms with van der Waals surface area (Å²) >= 11 is 0. The number of piperidine rings is 1. The Hall–Kier alpha value is -1.49. The van der Waals surface area contributed by atoms with Gasteiger partial charge in [-0.15, -0.1) is 0 Å². The summed E-state index contributed by atoms with van der Waals surface area (Å²) in [6.45, 7) is 2.20. The van der Waals surface area contributed by atoms with Crippen molar-refractivity contribution in [1.82, 2.24) is 0 Å². The minimum Gasteiger partial charge on any atom is -0.353 e. The monoisotopic (exact) mass is 200 g/mol. The fraction of sp³-hybridized carbons (Fsp3) is 0.462. The highest BCUT2D eigenvalue weighted by Crippen LogP contribution is 2.28. The molecule has 0 spiro atoms. The number of rotatable bonds is 1. The molecule has 0 saturated carbocycles. The van der Waals surface area contributed by atoms with Gasteiger partial charge >= 0.3 is 0 Å². The smallest absolute Gasteiger partial charge is 0.117 e. The van der Waals surface area contributed by atoms with Crippen LogP contribution < -0.4 is 4.90 Å². The molecule has 1 aliphatic rings. The zero-order valence-corrected chi connectivity index (χ0v) is 9.06. The summed E-state index contributed by atoms with van der Waals surface area (Å²) in [5.74, 6) is 0. The van der Waals surface area contributed by atoms with Crippen LogP contribution in [0.5, 0.6) is 0 Å². The van der Waals surface area contributed by atoms with Gasteiger partial charge in [0.05, 0.1) is 6.07 Å². The SMILES string of the molecule is C[C@@H]1CCC[C@@H](C#N)N1c1ccccc1. The Morgan fingerprint density at radius 2 is 2.00 bits per heavy atom. The number of nitrogens with zero attached hydrogens (tertiary/aromatic N) is 2. The summed E-state index contributed by atoms with van der Waals surface area (Å²) in [6.07, 6.45) is 3.35. The van der Waals surface area contributed by atoms with Gasteiger partial charge in [-0.1, -0.05) is 18.2 Å². The molecule has 0 radical (unpaired) electrons. The van der Waals surface area contributed by atoms with Crippen molar-refractivity contribution in [1.29, 1.82) is 5.26 Å². The lowest BCUT2D eigenvalue weighted by molar-refractivity contribution is 0.441. The minimum atomic E-state index is 0.0520. The van der Waals surface area contributed by atoms with Crippen molar-refractivity contribution >= 4 is 5.69 Å². The Bertz CT molecular complexity index is 353. The summed E-state index contributed by atoms with van der Waals surface area (Å²) in [5, 5.41) is 9.15. The van der Waals surface area contributed by atoms with Crippen LogP contribution in [-0.4, -0.2) is 12.1 Å². The van der Waals surface area contributed by atoms with Gasteiger partial charge in [0.25, 0.3) is 0 Å². The highest BCUT2D eigenvalue weighted by Gasteiger charge is 2.27. The molecule has 78 valence electrons. The van der Waals surface area contributed by atoms with Crippen molar-refractivity contribution in [2.24, 2.45) is 0 Å². The van der Waals surface area contributed by atoms with E-state index in [2.05, 4.69) is 30.0 Å². The Morgan fingerprint density at radius 3 is 2.67 bits per heavy atom. The van der Waals surface area contributed by atoms with Crippen LogP contribution in [0.2, 0.25) is 0 Å². The molecular weight excluding hydrogens is 184 g/mol. The number of nitriles is 1. The lowest BCUT2D eigenvalue weighted by atomic mass is 9.96. The Balaban J connectivity index is 2.28. The molecule has 0 amide bonds. The van der Waals surface area contributed by atoms with Crippen molar-refractivity contribution < 1.29 is 0 Å².